The molecule has 21 heavy (non-hydrogen) atoms. The summed E-state index contributed by atoms with van der Waals surface area (Å²) >= 11 is 0. The van der Waals surface area contributed by atoms with Crippen molar-refractivity contribution >= 4 is 5.97 Å². The van der Waals surface area contributed by atoms with Crippen LogP contribution in [0.1, 0.15) is 91.9 Å². The SMILES string of the molecule is CCCCCCCCC(=O)OCCC(C)CCC=C(C)C. The number of ether oxygens (including phenoxy) is 1. The van der Waals surface area contributed by atoms with Gasteiger partial charge in [-0.05, 0) is 45.4 Å². The highest BCUT2D eigenvalue weighted by Gasteiger charge is 2.05. The fourth-order valence-corrected chi connectivity index (χ4v) is 2.30. The molecule has 0 aliphatic rings. The number of esters is 1. The lowest BCUT2D eigenvalue weighted by molar-refractivity contribution is -0.144. The third-order valence-corrected chi connectivity index (χ3v) is 3.82. The molecular weight excluding hydrogens is 260 g/mol. The van der Waals surface area contributed by atoms with E-state index in [0.717, 1.165) is 25.7 Å². The summed E-state index contributed by atoms with van der Waals surface area (Å²) in [6, 6.07) is 0. The lowest BCUT2D eigenvalue weighted by Gasteiger charge is -2.10. The van der Waals surface area contributed by atoms with Gasteiger partial charge in [-0.2, -0.15) is 0 Å². The van der Waals surface area contributed by atoms with Crippen LogP contribution < -0.4 is 0 Å². The van der Waals surface area contributed by atoms with Gasteiger partial charge in [-0.3, -0.25) is 4.79 Å². The van der Waals surface area contributed by atoms with Gasteiger partial charge in [0.2, 0.25) is 0 Å². The van der Waals surface area contributed by atoms with Gasteiger partial charge in [-0.15, -0.1) is 0 Å². The van der Waals surface area contributed by atoms with Crippen LogP contribution in [0.2, 0.25) is 0 Å². The number of hydrogen-bond donors (Lipinski definition) is 0. The normalized spacial score (nSPS) is 12.0. The molecule has 0 aromatic carbocycles. The van der Waals surface area contributed by atoms with Crippen LogP contribution in [0, 0.1) is 5.92 Å². The number of hydrogen-bond acceptors (Lipinski definition) is 2. The van der Waals surface area contributed by atoms with Gasteiger partial charge in [0.25, 0.3) is 0 Å². The van der Waals surface area contributed by atoms with Gasteiger partial charge in [0.05, 0.1) is 6.61 Å². The van der Waals surface area contributed by atoms with Crippen molar-refractivity contribution in [3.05, 3.63) is 11.6 Å². The molecule has 124 valence electrons. The Bertz CT molecular complexity index is 277. The van der Waals surface area contributed by atoms with Gasteiger partial charge in [-0.25, -0.2) is 0 Å². The third kappa shape index (κ3) is 15.4. The monoisotopic (exact) mass is 296 g/mol. The van der Waals surface area contributed by atoms with Gasteiger partial charge < -0.3 is 4.74 Å². The molecule has 1 unspecified atom stereocenters. The van der Waals surface area contributed by atoms with Crippen molar-refractivity contribution in [2.45, 2.75) is 91.9 Å². The quantitative estimate of drug-likeness (QED) is 0.235. The Morgan fingerprint density at radius 2 is 1.71 bits per heavy atom. The van der Waals surface area contributed by atoms with Gasteiger partial charge in [0.15, 0.2) is 0 Å². The summed E-state index contributed by atoms with van der Waals surface area (Å²) in [6.07, 6.45) is 13.5. The summed E-state index contributed by atoms with van der Waals surface area (Å²) in [6.45, 7) is 9.31. The first kappa shape index (κ1) is 20.2. The van der Waals surface area contributed by atoms with Crippen molar-refractivity contribution in [1.29, 1.82) is 0 Å². The molecule has 0 saturated heterocycles. The maximum absolute atomic E-state index is 11.6. The van der Waals surface area contributed by atoms with E-state index in [4.69, 9.17) is 4.74 Å². The number of unbranched alkanes of at least 4 members (excludes halogenated alkanes) is 5. The summed E-state index contributed by atoms with van der Waals surface area (Å²) in [4.78, 5) is 11.6. The van der Waals surface area contributed by atoms with E-state index < -0.39 is 0 Å². The van der Waals surface area contributed by atoms with E-state index in [2.05, 4.69) is 33.8 Å². The maximum atomic E-state index is 11.6. The molecule has 0 aliphatic carbocycles. The Hall–Kier alpha value is -0.790. The van der Waals surface area contributed by atoms with E-state index in [-0.39, 0.29) is 5.97 Å². The molecule has 0 rings (SSSR count). The van der Waals surface area contributed by atoms with Crippen LogP contribution >= 0.6 is 0 Å². The Morgan fingerprint density at radius 1 is 1.05 bits per heavy atom. The molecule has 0 saturated carbocycles. The second kappa shape index (κ2) is 14.2. The van der Waals surface area contributed by atoms with Crippen molar-refractivity contribution in [1.82, 2.24) is 0 Å². The first-order valence-electron chi connectivity index (χ1n) is 8.85. The summed E-state index contributed by atoms with van der Waals surface area (Å²) in [5, 5.41) is 0. The summed E-state index contributed by atoms with van der Waals surface area (Å²) in [7, 11) is 0. The van der Waals surface area contributed by atoms with Crippen molar-refractivity contribution in [3.63, 3.8) is 0 Å². The van der Waals surface area contributed by atoms with Crippen LogP contribution in [-0.4, -0.2) is 12.6 Å². The molecule has 0 amide bonds. The van der Waals surface area contributed by atoms with Gasteiger partial charge >= 0.3 is 5.97 Å². The number of carbonyl (C=O) groups is 1. The van der Waals surface area contributed by atoms with Crippen LogP contribution in [0.4, 0.5) is 0 Å². The lowest BCUT2D eigenvalue weighted by Crippen LogP contribution is -2.08. The van der Waals surface area contributed by atoms with E-state index in [1.165, 1.54) is 37.7 Å². The molecule has 0 N–H and O–H groups in total. The summed E-state index contributed by atoms with van der Waals surface area (Å²) in [5.41, 5.74) is 1.38. The minimum Gasteiger partial charge on any atom is -0.466 e. The van der Waals surface area contributed by atoms with Crippen LogP contribution in [0.3, 0.4) is 0 Å². The van der Waals surface area contributed by atoms with Crippen LogP contribution in [0.25, 0.3) is 0 Å². The highest BCUT2D eigenvalue weighted by Crippen LogP contribution is 2.12. The minimum absolute atomic E-state index is 0.0120. The van der Waals surface area contributed by atoms with Crippen molar-refractivity contribution in [2.24, 2.45) is 5.92 Å². The highest BCUT2D eigenvalue weighted by atomic mass is 16.5. The first-order valence-corrected chi connectivity index (χ1v) is 8.85. The Kier molecular flexibility index (Phi) is 13.6. The largest absolute Gasteiger partial charge is 0.466 e. The van der Waals surface area contributed by atoms with E-state index >= 15 is 0 Å². The second-order valence-corrected chi connectivity index (χ2v) is 6.49. The highest BCUT2D eigenvalue weighted by molar-refractivity contribution is 5.69. The van der Waals surface area contributed by atoms with Crippen LogP contribution in [-0.2, 0) is 9.53 Å². The smallest absolute Gasteiger partial charge is 0.305 e. The zero-order chi connectivity index (χ0) is 15.9. The average molecular weight is 296 g/mol. The first-order chi connectivity index (χ1) is 10.1. The number of allylic oxidation sites excluding steroid dienone is 2. The van der Waals surface area contributed by atoms with Crippen LogP contribution in [0.15, 0.2) is 11.6 Å². The summed E-state index contributed by atoms with van der Waals surface area (Å²) < 4.78 is 5.31. The fourth-order valence-electron chi connectivity index (χ4n) is 2.30. The van der Waals surface area contributed by atoms with Crippen molar-refractivity contribution < 1.29 is 9.53 Å². The molecule has 2 heteroatoms. The van der Waals surface area contributed by atoms with Crippen molar-refractivity contribution in [2.75, 3.05) is 6.61 Å². The van der Waals surface area contributed by atoms with Gasteiger partial charge in [0.1, 0.15) is 0 Å². The van der Waals surface area contributed by atoms with E-state index in [0.29, 0.717) is 18.9 Å². The standard InChI is InChI=1S/C19H36O2/c1-5-6-7-8-9-10-14-19(20)21-16-15-18(4)13-11-12-17(2)3/h12,18H,5-11,13-16H2,1-4H3. The minimum atomic E-state index is -0.0120. The predicted octanol–water partition coefficient (Wildman–Crippen LogP) is 6.05. The number of carbonyl (C=O) groups excluding carboxylic acids is 1. The topological polar surface area (TPSA) is 26.3 Å². The lowest BCUT2D eigenvalue weighted by atomic mass is 10.0. The molecule has 0 heterocycles. The summed E-state index contributed by atoms with van der Waals surface area (Å²) in [5.74, 6) is 0.615. The van der Waals surface area contributed by atoms with E-state index in [9.17, 15) is 4.79 Å². The molecule has 0 aromatic rings. The Balaban J connectivity index is 3.42. The Labute approximate surface area is 132 Å². The zero-order valence-corrected chi connectivity index (χ0v) is 14.7. The van der Waals surface area contributed by atoms with Crippen molar-refractivity contribution in [3.8, 4) is 0 Å². The molecule has 0 fully saturated rings. The second-order valence-electron chi connectivity index (χ2n) is 6.49. The zero-order valence-electron chi connectivity index (χ0n) is 14.7. The van der Waals surface area contributed by atoms with E-state index in [1.807, 2.05) is 0 Å². The molecule has 0 radical (unpaired) electrons. The third-order valence-electron chi connectivity index (χ3n) is 3.82. The average Bonchev–Trinajstić information content (AvgIpc) is 2.42. The number of rotatable bonds is 13. The molecule has 2 nitrogen and oxygen atoms in total. The van der Waals surface area contributed by atoms with Gasteiger partial charge in [-0.1, -0.05) is 57.6 Å². The molecular formula is C19H36O2. The van der Waals surface area contributed by atoms with Gasteiger partial charge in [0, 0.05) is 6.42 Å². The Morgan fingerprint density at radius 3 is 2.38 bits per heavy atom. The predicted molar refractivity (Wildman–Crippen MR) is 91.4 cm³/mol. The molecule has 1 atom stereocenters. The maximum Gasteiger partial charge on any atom is 0.305 e. The molecule has 0 bridgehead atoms. The molecule has 0 spiro atoms. The van der Waals surface area contributed by atoms with Crippen LogP contribution in [0.5, 0.6) is 0 Å². The van der Waals surface area contributed by atoms with E-state index in [1.54, 1.807) is 0 Å². The molecule has 0 aliphatic heterocycles. The molecule has 0 aromatic heterocycles. The fraction of sp³-hybridized carbons (Fsp3) is 0.842.